The van der Waals surface area contributed by atoms with E-state index in [1.165, 1.54) is 0 Å². The first-order chi connectivity index (χ1) is 10.2. The van der Waals surface area contributed by atoms with Gasteiger partial charge in [0.25, 0.3) is 0 Å². The molecule has 6 nitrogen and oxygen atoms in total. The van der Waals surface area contributed by atoms with E-state index in [-0.39, 0.29) is 11.8 Å². The van der Waals surface area contributed by atoms with Gasteiger partial charge in [0.15, 0.2) is 0 Å². The normalized spacial score (nSPS) is 9.90. The molecular formula is C15H16N4O2. The molecule has 0 radical (unpaired) electrons. The lowest BCUT2D eigenvalue weighted by molar-refractivity contribution is -0.117. The van der Waals surface area contributed by atoms with Crippen molar-refractivity contribution in [2.75, 3.05) is 10.6 Å². The van der Waals surface area contributed by atoms with E-state index in [4.69, 9.17) is 0 Å². The predicted molar refractivity (Wildman–Crippen MR) is 79.6 cm³/mol. The van der Waals surface area contributed by atoms with Crippen molar-refractivity contribution in [1.29, 1.82) is 0 Å². The van der Waals surface area contributed by atoms with Crippen molar-refractivity contribution < 1.29 is 9.59 Å². The highest BCUT2D eigenvalue weighted by molar-refractivity contribution is 5.92. The Bertz CT molecular complexity index is 534. The monoisotopic (exact) mass is 284 g/mol. The van der Waals surface area contributed by atoms with E-state index in [0.717, 1.165) is 0 Å². The Kier molecular flexibility index (Phi) is 5.40. The summed E-state index contributed by atoms with van der Waals surface area (Å²) in [6, 6.07) is 6.87. The largest absolute Gasteiger partial charge is 0.326 e. The number of pyridine rings is 2. The fourth-order valence-electron chi connectivity index (χ4n) is 1.73. The lowest BCUT2D eigenvalue weighted by atomic mass is 10.2. The molecule has 2 aromatic heterocycles. The van der Waals surface area contributed by atoms with E-state index in [0.29, 0.717) is 30.6 Å². The van der Waals surface area contributed by atoms with Crippen LogP contribution in [0.5, 0.6) is 0 Å². The third-order valence-corrected chi connectivity index (χ3v) is 2.74. The average Bonchev–Trinajstić information content (AvgIpc) is 2.49. The topological polar surface area (TPSA) is 84.0 Å². The number of nitrogens with one attached hydrogen (secondary N) is 2. The molecule has 0 aliphatic heterocycles. The number of nitrogens with zero attached hydrogens (tertiary/aromatic N) is 2. The van der Waals surface area contributed by atoms with Gasteiger partial charge in [-0.1, -0.05) is 0 Å². The van der Waals surface area contributed by atoms with Crippen molar-refractivity contribution in [2.45, 2.75) is 19.3 Å². The molecule has 0 aliphatic carbocycles. The Labute approximate surface area is 122 Å². The van der Waals surface area contributed by atoms with Gasteiger partial charge in [-0.05, 0) is 30.7 Å². The number of anilines is 2. The Morgan fingerprint density at radius 1 is 0.762 bits per heavy atom. The molecule has 0 saturated heterocycles. The van der Waals surface area contributed by atoms with Crippen LogP contribution in [-0.2, 0) is 9.59 Å². The number of amides is 2. The lowest BCUT2D eigenvalue weighted by Crippen LogP contribution is -2.14. The van der Waals surface area contributed by atoms with Gasteiger partial charge >= 0.3 is 0 Å². The summed E-state index contributed by atoms with van der Waals surface area (Å²) in [7, 11) is 0. The fraction of sp³-hybridized carbons (Fsp3) is 0.200. The van der Waals surface area contributed by atoms with Crippen LogP contribution in [0.1, 0.15) is 19.3 Å². The van der Waals surface area contributed by atoms with Crippen LogP contribution in [-0.4, -0.2) is 21.8 Å². The summed E-state index contributed by atoms with van der Waals surface area (Å²) in [6.07, 6.45) is 7.52. The minimum absolute atomic E-state index is 0.113. The van der Waals surface area contributed by atoms with Gasteiger partial charge in [0.2, 0.25) is 11.8 Å². The number of carbonyl (C=O) groups excluding carboxylic acids is 2. The SMILES string of the molecule is O=C(CCCC(=O)Nc1ccncc1)Nc1ccncc1. The average molecular weight is 284 g/mol. The number of rotatable bonds is 6. The second-order valence-electron chi connectivity index (χ2n) is 4.42. The molecule has 0 spiro atoms. The second-order valence-corrected chi connectivity index (χ2v) is 4.42. The Hall–Kier alpha value is -2.76. The molecule has 0 fully saturated rings. The van der Waals surface area contributed by atoms with E-state index in [1.54, 1.807) is 49.1 Å². The molecule has 0 atom stereocenters. The third kappa shape index (κ3) is 5.40. The molecule has 21 heavy (non-hydrogen) atoms. The van der Waals surface area contributed by atoms with E-state index in [2.05, 4.69) is 20.6 Å². The first-order valence-corrected chi connectivity index (χ1v) is 6.64. The van der Waals surface area contributed by atoms with Crippen molar-refractivity contribution in [3.8, 4) is 0 Å². The first kappa shape index (κ1) is 14.6. The molecule has 2 rings (SSSR count). The van der Waals surface area contributed by atoms with Crippen molar-refractivity contribution >= 4 is 23.2 Å². The molecule has 0 saturated carbocycles. The van der Waals surface area contributed by atoms with Gasteiger partial charge < -0.3 is 10.6 Å². The van der Waals surface area contributed by atoms with E-state index in [9.17, 15) is 9.59 Å². The van der Waals surface area contributed by atoms with Gasteiger partial charge in [0.1, 0.15) is 0 Å². The van der Waals surface area contributed by atoms with Crippen molar-refractivity contribution in [3.05, 3.63) is 49.1 Å². The molecule has 0 aliphatic rings. The van der Waals surface area contributed by atoms with Gasteiger partial charge in [-0.15, -0.1) is 0 Å². The van der Waals surface area contributed by atoms with Gasteiger partial charge in [-0.25, -0.2) is 0 Å². The first-order valence-electron chi connectivity index (χ1n) is 6.64. The molecule has 108 valence electrons. The molecular weight excluding hydrogens is 268 g/mol. The van der Waals surface area contributed by atoms with Gasteiger partial charge in [-0.3, -0.25) is 19.6 Å². The van der Waals surface area contributed by atoms with Crippen LogP contribution in [0.15, 0.2) is 49.1 Å². The Morgan fingerprint density at radius 3 is 1.52 bits per heavy atom. The summed E-state index contributed by atoms with van der Waals surface area (Å²) in [4.78, 5) is 31.1. The maximum Gasteiger partial charge on any atom is 0.224 e. The summed E-state index contributed by atoms with van der Waals surface area (Å²) in [5.41, 5.74) is 1.41. The summed E-state index contributed by atoms with van der Waals surface area (Å²) < 4.78 is 0. The number of aromatic nitrogens is 2. The third-order valence-electron chi connectivity index (χ3n) is 2.74. The molecule has 0 aromatic carbocycles. The van der Waals surface area contributed by atoms with Crippen molar-refractivity contribution in [1.82, 2.24) is 9.97 Å². The Balaban J connectivity index is 1.67. The van der Waals surface area contributed by atoms with Gasteiger partial charge in [0, 0.05) is 49.0 Å². The fourth-order valence-corrected chi connectivity index (χ4v) is 1.73. The maximum atomic E-state index is 11.7. The number of carbonyl (C=O) groups is 2. The van der Waals surface area contributed by atoms with E-state index in [1.807, 2.05) is 0 Å². The highest BCUT2D eigenvalue weighted by atomic mass is 16.2. The van der Waals surface area contributed by atoms with Crippen LogP contribution in [0, 0.1) is 0 Å². The van der Waals surface area contributed by atoms with Crippen molar-refractivity contribution in [3.63, 3.8) is 0 Å². The zero-order valence-electron chi connectivity index (χ0n) is 11.5. The van der Waals surface area contributed by atoms with Crippen LogP contribution in [0.4, 0.5) is 11.4 Å². The summed E-state index contributed by atoms with van der Waals surface area (Å²) in [6.45, 7) is 0. The zero-order valence-corrected chi connectivity index (χ0v) is 11.5. The number of hydrogen-bond donors (Lipinski definition) is 2. The number of hydrogen-bond acceptors (Lipinski definition) is 4. The minimum atomic E-state index is -0.113. The molecule has 2 N–H and O–H groups in total. The van der Waals surface area contributed by atoms with Crippen LogP contribution in [0.2, 0.25) is 0 Å². The van der Waals surface area contributed by atoms with Crippen molar-refractivity contribution in [2.24, 2.45) is 0 Å². The van der Waals surface area contributed by atoms with Crippen LogP contribution in [0.25, 0.3) is 0 Å². The highest BCUT2D eigenvalue weighted by Gasteiger charge is 2.06. The maximum absolute atomic E-state index is 11.7. The summed E-state index contributed by atoms with van der Waals surface area (Å²) in [5, 5.41) is 5.49. The molecule has 6 heteroatoms. The van der Waals surface area contributed by atoms with E-state index >= 15 is 0 Å². The van der Waals surface area contributed by atoms with Crippen LogP contribution >= 0.6 is 0 Å². The predicted octanol–water partition coefficient (Wildman–Crippen LogP) is 2.22. The van der Waals surface area contributed by atoms with Gasteiger partial charge in [-0.2, -0.15) is 0 Å². The highest BCUT2D eigenvalue weighted by Crippen LogP contribution is 2.07. The van der Waals surface area contributed by atoms with Crippen LogP contribution in [0.3, 0.4) is 0 Å². The smallest absolute Gasteiger partial charge is 0.224 e. The zero-order chi connectivity index (χ0) is 14.9. The van der Waals surface area contributed by atoms with Gasteiger partial charge in [0.05, 0.1) is 0 Å². The Morgan fingerprint density at radius 2 is 1.14 bits per heavy atom. The molecule has 2 heterocycles. The molecule has 0 bridgehead atoms. The summed E-state index contributed by atoms with van der Waals surface area (Å²) in [5.74, 6) is -0.226. The molecule has 0 unspecified atom stereocenters. The second kappa shape index (κ2) is 7.74. The lowest BCUT2D eigenvalue weighted by Gasteiger charge is -2.06. The quantitative estimate of drug-likeness (QED) is 0.852. The molecule has 2 aromatic rings. The summed E-state index contributed by atoms with van der Waals surface area (Å²) >= 11 is 0. The minimum Gasteiger partial charge on any atom is -0.326 e. The van der Waals surface area contributed by atoms with E-state index < -0.39 is 0 Å². The van der Waals surface area contributed by atoms with Crippen LogP contribution < -0.4 is 10.6 Å². The molecule has 2 amide bonds. The standard InChI is InChI=1S/C15H16N4O2/c20-14(18-12-4-8-16-9-5-12)2-1-3-15(21)19-13-6-10-17-11-7-13/h4-11H,1-3H2,(H,16,18,20)(H,17,19,21).